The number of fused-ring (bicyclic) bond motifs is 8. The van der Waals surface area contributed by atoms with Crippen LogP contribution in [-0.4, -0.2) is 0 Å². The van der Waals surface area contributed by atoms with Crippen LogP contribution in [0.3, 0.4) is 0 Å². The average Bonchev–Trinajstić information content (AvgIpc) is 3.18. The van der Waals surface area contributed by atoms with E-state index in [-0.39, 0.29) is 0 Å². The summed E-state index contributed by atoms with van der Waals surface area (Å²) in [5.41, 5.74) is 7.51. The van der Waals surface area contributed by atoms with Crippen molar-refractivity contribution in [2.75, 3.05) is 0 Å². The minimum Gasteiger partial charge on any atom is -0.455 e. The molecule has 1 heterocycles. The molecular weight excluding hydrogens is 292 g/mol. The first kappa shape index (κ1) is 12.4. The molecule has 1 aliphatic carbocycles. The molecule has 0 saturated heterocycles. The number of hydrogen-bond donors (Lipinski definition) is 0. The van der Waals surface area contributed by atoms with E-state index >= 15 is 0 Å². The monoisotopic (exact) mass is 306 g/mol. The van der Waals surface area contributed by atoms with E-state index in [0.717, 1.165) is 17.6 Å². The van der Waals surface area contributed by atoms with Crippen LogP contribution < -0.4 is 0 Å². The second-order valence-corrected chi connectivity index (χ2v) is 6.60. The predicted octanol–water partition coefficient (Wildman–Crippen LogP) is 6.31. The highest BCUT2D eigenvalue weighted by molar-refractivity contribution is 6.15. The molecule has 1 nitrogen and oxygen atoms in total. The molecular formula is C23H14O. The van der Waals surface area contributed by atoms with E-state index in [9.17, 15) is 0 Å². The van der Waals surface area contributed by atoms with Gasteiger partial charge in [0.2, 0.25) is 0 Å². The fourth-order valence-corrected chi connectivity index (χ4v) is 4.14. The fraction of sp³-hybridized carbons (Fsp3) is 0.0435. The van der Waals surface area contributed by atoms with E-state index in [4.69, 9.17) is 4.42 Å². The summed E-state index contributed by atoms with van der Waals surface area (Å²) in [6.45, 7) is 0. The lowest BCUT2D eigenvalue weighted by atomic mass is 9.99. The van der Waals surface area contributed by atoms with Gasteiger partial charge in [0.15, 0.2) is 0 Å². The van der Waals surface area contributed by atoms with Gasteiger partial charge in [-0.1, -0.05) is 54.6 Å². The Morgan fingerprint density at radius 1 is 0.625 bits per heavy atom. The minimum absolute atomic E-state index is 0.959. The Bertz CT molecular complexity index is 1270. The maximum Gasteiger partial charge on any atom is 0.143 e. The molecule has 1 heteroatoms. The maximum atomic E-state index is 6.21. The highest BCUT2D eigenvalue weighted by atomic mass is 16.3. The molecule has 0 bridgehead atoms. The van der Waals surface area contributed by atoms with Gasteiger partial charge in [-0.05, 0) is 52.3 Å². The van der Waals surface area contributed by atoms with Crippen LogP contribution in [0.5, 0.6) is 0 Å². The zero-order chi connectivity index (χ0) is 15.7. The van der Waals surface area contributed by atoms with Crippen molar-refractivity contribution < 1.29 is 4.42 Å². The van der Waals surface area contributed by atoms with Crippen LogP contribution in [0.2, 0.25) is 0 Å². The summed E-state index contributed by atoms with van der Waals surface area (Å²) in [7, 11) is 0. The summed E-state index contributed by atoms with van der Waals surface area (Å²) in [6, 6.07) is 26.1. The van der Waals surface area contributed by atoms with Crippen LogP contribution >= 0.6 is 0 Å². The summed E-state index contributed by atoms with van der Waals surface area (Å²) < 4.78 is 6.21. The number of para-hydroxylation sites is 1. The first-order valence-corrected chi connectivity index (χ1v) is 8.34. The molecule has 0 amide bonds. The molecule has 0 N–H and O–H groups in total. The van der Waals surface area contributed by atoms with Crippen LogP contribution in [0.15, 0.2) is 77.2 Å². The van der Waals surface area contributed by atoms with E-state index in [1.807, 2.05) is 12.1 Å². The second kappa shape index (κ2) is 4.27. The molecule has 1 aromatic heterocycles. The first-order valence-electron chi connectivity index (χ1n) is 8.34. The summed E-state index contributed by atoms with van der Waals surface area (Å²) >= 11 is 0. The van der Waals surface area contributed by atoms with E-state index < -0.39 is 0 Å². The predicted molar refractivity (Wildman–Crippen MR) is 99.5 cm³/mol. The van der Waals surface area contributed by atoms with Gasteiger partial charge in [0.25, 0.3) is 0 Å². The maximum absolute atomic E-state index is 6.21. The van der Waals surface area contributed by atoms with Crippen LogP contribution in [0.1, 0.15) is 11.1 Å². The van der Waals surface area contributed by atoms with Gasteiger partial charge in [0, 0.05) is 16.2 Å². The lowest BCUT2D eigenvalue weighted by molar-refractivity contribution is 0.672. The van der Waals surface area contributed by atoms with E-state index in [0.29, 0.717) is 0 Å². The van der Waals surface area contributed by atoms with Crippen molar-refractivity contribution in [1.29, 1.82) is 0 Å². The van der Waals surface area contributed by atoms with Gasteiger partial charge < -0.3 is 4.42 Å². The molecule has 0 radical (unpaired) electrons. The Kier molecular flexibility index (Phi) is 2.20. The third-order valence-electron chi connectivity index (χ3n) is 5.27. The third kappa shape index (κ3) is 1.49. The van der Waals surface area contributed by atoms with Gasteiger partial charge >= 0.3 is 0 Å². The van der Waals surface area contributed by atoms with E-state index in [1.165, 1.54) is 43.8 Å². The molecule has 24 heavy (non-hydrogen) atoms. The summed E-state index contributed by atoms with van der Waals surface area (Å²) in [6.07, 6.45) is 1.03. The van der Waals surface area contributed by atoms with E-state index in [2.05, 4.69) is 60.7 Å². The Morgan fingerprint density at radius 2 is 1.50 bits per heavy atom. The van der Waals surface area contributed by atoms with Crippen molar-refractivity contribution in [2.45, 2.75) is 6.42 Å². The molecule has 0 fully saturated rings. The minimum atomic E-state index is 0.959. The van der Waals surface area contributed by atoms with Gasteiger partial charge in [0.1, 0.15) is 11.2 Å². The van der Waals surface area contributed by atoms with Crippen molar-refractivity contribution in [2.24, 2.45) is 0 Å². The molecule has 0 atom stereocenters. The van der Waals surface area contributed by atoms with Crippen molar-refractivity contribution in [3.8, 4) is 11.1 Å². The second-order valence-electron chi connectivity index (χ2n) is 6.60. The lowest BCUT2D eigenvalue weighted by Crippen LogP contribution is -1.82. The van der Waals surface area contributed by atoms with Crippen LogP contribution in [0, 0.1) is 0 Å². The fourth-order valence-electron chi connectivity index (χ4n) is 4.14. The summed E-state index contributed by atoms with van der Waals surface area (Å²) in [5, 5.41) is 4.85. The SMILES string of the molecule is c1ccc2c(c1)Cc1cc3ccc4c5ccccc5oc4c3cc1-2. The first-order chi connectivity index (χ1) is 11.9. The molecule has 0 spiro atoms. The van der Waals surface area contributed by atoms with Crippen molar-refractivity contribution in [1.82, 2.24) is 0 Å². The van der Waals surface area contributed by atoms with Crippen molar-refractivity contribution in [3.05, 3.63) is 83.9 Å². The zero-order valence-corrected chi connectivity index (χ0v) is 13.0. The quantitative estimate of drug-likeness (QED) is 0.320. The zero-order valence-electron chi connectivity index (χ0n) is 13.0. The van der Waals surface area contributed by atoms with Crippen LogP contribution in [0.4, 0.5) is 0 Å². The standard InChI is InChI=1S/C23H14O/c1-2-6-17-14(5-1)11-16-12-15-9-10-19-18-7-3-4-8-22(18)24-23(19)21(15)13-20(16)17/h1-10,12-13H,11H2. The Morgan fingerprint density at radius 3 is 2.50 bits per heavy atom. The highest BCUT2D eigenvalue weighted by Gasteiger charge is 2.20. The molecule has 0 saturated carbocycles. The normalized spacial score (nSPS) is 12.8. The van der Waals surface area contributed by atoms with E-state index in [1.54, 1.807) is 0 Å². The van der Waals surface area contributed by atoms with Crippen LogP contribution in [0.25, 0.3) is 43.8 Å². The molecule has 1 aliphatic rings. The van der Waals surface area contributed by atoms with Crippen LogP contribution in [-0.2, 0) is 6.42 Å². The highest BCUT2D eigenvalue weighted by Crippen LogP contribution is 2.41. The smallest absolute Gasteiger partial charge is 0.143 e. The molecule has 5 aromatic rings. The van der Waals surface area contributed by atoms with Crippen molar-refractivity contribution >= 4 is 32.7 Å². The van der Waals surface area contributed by atoms with Gasteiger partial charge in [0.05, 0.1) is 0 Å². The average molecular weight is 306 g/mol. The van der Waals surface area contributed by atoms with Gasteiger partial charge in [-0.3, -0.25) is 0 Å². The molecule has 112 valence electrons. The number of furan rings is 1. The lowest BCUT2D eigenvalue weighted by Gasteiger charge is -2.05. The van der Waals surface area contributed by atoms with Crippen molar-refractivity contribution in [3.63, 3.8) is 0 Å². The third-order valence-corrected chi connectivity index (χ3v) is 5.27. The molecule has 0 aliphatic heterocycles. The topological polar surface area (TPSA) is 13.1 Å². The number of hydrogen-bond acceptors (Lipinski definition) is 1. The Hall–Kier alpha value is -3.06. The van der Waals surface area contributed by atoms with Gasteiger partial charge in [-0.15, -0.1) is 0 Å². The Labute approximate surface area is 139 Å². The van der Waals surface area contributed by atoms with Gasteiger partial charge in [-0.25, -0.2) is 0 Å². The summed E-state index contributed by atoms with van der Waals surface area (Å²) in [5.74, 6) is 0. The van der Waals surface area contributed by atoms with Gasteiger partial charge in [-0.2, -0.15) is 0 Å². The largest absolute Gasteiger partial charge is 0.455 e. The Balaban J connectivity index is 1.77. The summed E-state index contributed by atoms with van der Waals surface area (Å²) in [4.78, 5) is 0. The molecule has 6 rings (SSSR count). The number of rotatable bonds is 0. The molecule has 4 aromatic carbocycles. The number of benzene rings is 4. The molecule has 0 unspecified atom stereocenters.